The Labute approximate surface area is 199 Å². The Balaban J connectivity index is 1.44. The molecule has 1 fully saturated rings. The molecule has 2 aliphatic rings. The average molecular weight is 505 g/mol. The van der Waals surface area contributed by atoms with E-state index in [9.17, 15) is 17.4 Å². The van der Waals surface area contributed by atoms with E-state index in [0.717, 1.165) is 18.4 Å². The summed E-state index contributed by atoms with van der Waals surface area (Å²) in [6, 6.07) is 13.0. The van der Waals surface area contributed by atoms with Crippen molar-refractivity contribution in [3.63, 3.8) is 0 Å². The zero-order chi connectivity index (χ0) is 23.2. The highest BCUT2D eigenvalue weighted by Gasteiger charge is 2.29. The number of nitrogens with zero attached hydrogens (tertiary/aromatic N) is 3. The highest BCUT2D eigenvalue weighted by molar-refractivity contribution is 7.89. The molecule has 8 nitrogen and oxygen atoms in total. The minimum absolute atomic E-state index is 0.168. The van der Waals surface area contributed by atoms with E-state index in [1.165, 1.54) is 28.6 Å². The standard InChI is InChI=1S/C22H21ClN4O4S2/c23-16-4-3-5-17(12-16)27-21(19-13-32(29)14-20(19)25-27)24-22(28)15-6-8-18(9-7-15)33(30,31)26-10-1-2-11-26/h3-9,12H,1-2,10-11,13-14H2,(H,24,28)/t32-/m0/s1. The molecule has 1 aromatic heterocycles. The number of anilines is 1. The quantitative estimate of drug-likeness (QED) is 0.574. The molecule has 0 saturated carbocycles. The molecule has 1 N–H and O–H groups in total. The number of hydrogen-bond acceptors (Lipinski definition) is 5. The Morgan fingerprint density at radius 1 is 1.06 bits per heavy atom. The Kier molecular flexibility index (Phi) is 5.86. The van der Waals surface area contributed by atoms with Crippen LogP contribution in [-0.2, 0) is 32.3 Å². The van der Waals surface area contributed by atoms with E-state index in [-0.39, 0.29) is 4.90 Å². The van der Waals surface area contributed by atoms with Gasteiger partial charge in [0.05, 0.1) is 27.8 Å². The number of carbonyl (C=O) groups is 1. The zero-order valence-corrected chi connectivity index (χ0v) is 19.9. The maximum absolute atomic E-state index is 13.0. The van der Waals surface area contributed by atoms with Crippen LogP contribution in [0.3, 0.4) is 0 Å². The lowest BCUT2D eigenvalue weighted by Gasteiger charge is -2.15. The van der Waals surface area contributed by atoms with Crippen LogP contribution in [0.4, 0.5) is 5.82 Å². The van der Waals surface area contributed by atoms with E-state index >= 15 is 0 Å². The van der Waals surface area contributed by atoms with Gasteiger partial charge in [0.1, 0.15) is 5.82 Å². The largest absolute Gasteiger partial charge is 0.306 e. The van der Waals surface area contributed by atoms with Gasteiger partial charge in [-0.05, 0) is 55.3 Å². The van der Waals surface area contributed by atoms with Crippen molar-refractivity contribution in [3.8, 4) is 5.69 Å². The van der Waals surface area contributed by atoms with E-state index < -0.39 is 26.7 Å². The van der Waals surface area contributed by atoms with Gasteiger partial charge in [-0.1, -0.05) is 17.7 Å². The van der Waals surface area contributed by atoms with Crippen LogP contribution < -0.4 is 5.32 Å². The van der Waals surface area contributed by atoms with Crippen molar-refractivity contribution < 1.29 is 17.4 Å². The second kappa shape index (κ2) is 8.68. The summed E-state index contributed by atoms with van der Waals surface area (Å²) in [4.78, 5) is 13.2. The fourth-order valence-electron chi connectivity index (χ4n) is 4.09. The summed E-state index contributed by atoms with van der Waals surface area (Å²) in [7, 11) is -4.62. The molecule has 1 atom stereocenters. The summed E-state index contributed by atoms with van der Waals surface area (Å²) in [5.41, 5.74) is 2.39. The predicted molar refractivity (Wildman–Crippen MR) is 127 cm³/mol. The lowest BCUT2D eigenvalue weighted by molar-refractivity contribution is 0.102. The summed E-state index contributed by atoms with van der Waals surface area (Å²) in [6.45, 7) is 1.04. The van der Waals surface area contributed by atoms with Crippen LogP contribution in [-0.4, -0.2) is 45.7 Å². The summed E-state index contributed by atoms with van der Waals surface area (Å²) >= 11 is 6.14. The first-order chi connectivity index (χ1) is 15.8. The Hall–Kier alpha value is -2.53. The second-order valence-corrected chi connectivity index (χ2v) is 11.8. The van der Waals surface area contributed by atoms with Gasteiger partial charge >= 0.3 is 0 Å². The number of halogens is 1. The minimum atomic E-state index is -3.55. The third-order valence-corrected chi connectivity index (χ3v) is 9.13. The van der Waals surface area contributed by atoms with Gasteiger partial charge in [-0.2, -0.15) is 9.40 Å². The van der Waals surface area contributed by atoms with Gasteiger partial charge in [0.15, 0.2) is 0 Å². The molecule has 0 radical (unpaired) electrons. The number of fused-ring (bicyclic) bond motifs is 1. The smallest absolute Gasteiger partial charge is 0.256 e. The Morgan fingerprint density at radius 2 is 1.79 bits per heavy atom. The van der Waals surface area contributed by atoms with Crippen LogP contribution in [0, 0.1) is 0 Å². The van der Waals surface area contributed by atoms with E-state index in [1.54, 1.807) is 22.9 Å². The molecule has 2 aliphatic heterocycles. The molecular formula is C22H21ClN4O4S2. The molecule has 3 heterocycles. The minimum Gasteiger partial charge on any atom is -0.306 e. The van der Waals surface area contributed by atoms with E-state index in [1.807, 2.05) is 6.07 Å². The van der Waals surface area contributed by atoms with Gasteiger partial charge in [-0.15, -0.1) is 0 Å². The monoisotopic (exact) mass is 504 g/mol. The van der Waals surface area contributed by atoms with Gasteiger partial charge in [-0.3, -0.25) is 9.00 Å². The fraction of sp³-hybridized carbons (Fsp3) is 0.273. The average Bonchev–Trinajstić information content (AvgIpc) is 3.52. The molecule has 0 unspecified atom stereocenters. The Bertz CT molecular complexity index is 1360. The summed E-state index contributed by atoms with van der Waals surface area (Å²) < 4.78 is 40.6. The number of amides is 1. The van der Waals surface area contributed by atoms with Crippen LogP contribution in [0.1, 0.15) is 34.5 Å². The molecule has 1 amide bonds. The van der Waals surface area contributed by atoms with E-state index in [2.05, 4.69) is 10.4 Å². The third kappa shape index (κ3) is 4.23. The maximum Gasteiger partial charge on any atom is 0.256 e. The SMILES string of the molecule is O=C(Nc1c2c(nn1-c1cccc(Cl)c1)C[S@@](=O)C2)c1ccc(S(=O)(=O)N2CCCC2)cc1. The molecule has 172 valence electrons. The zero-order valence-electron chi connectivity index (χ0n) is 17.5. The molecule has 2 aromatic carbocycles. The van der Waals surface area contributed by atoms with Crippen LogP contribution in [0.25, 0.3) is 5.69 Å². The number of hydrogen-bond donors (Lipinski definition) is 1. The molecule has 0 aliphatic carbocycles. The van der Waals surface area contributed by atoms with Crippen molar-refractivity contribution in [2.24, 2.45) is 0 Å². The first-order valence-corrected chi connectivity index (χ1v) is 13.8. The highest BCUT2D eigenvalue weighted by atomic mass is 35.5. The van der Waals surface area contributed by atoms with Crippen LogP contribution >= 0.6 is 11.6 Å². The van der Waals surface area contributed by atoms with Crippen LogP contribution in [0.5, 0.6) is 0 Å². The number of sulfonamides is 1. The molecule has 1 saturated heterocycles. The van der Waals surface area contributed by atoms with Crippen molar-refractivity contribution in [1.29, 1.82) is 0 Å². The number of aromatic nitrogens is 2. The van der Waals surface area contributed by atoms with Crippen molar-refractivity contribution in [2.75, 3.05) is 18.4 Å². The van der Waals surface area contributed by atoms with Crippen LogP contribution in [0.2, 0.25) is 5.02 Å². The normalized spacial score (nSPS) is 18.4. The first-order valence-electron chi connectivity index (χ1n) is 10.5. The van der Waals surface area contributed by atoms with Crippen molar-refractivity contribution in [3.05, 3.63) is 70.4 Å². The highest BCUT2D eigenvalue weighted by Crippen LogP contribution is 2.32. The van der Waals surface area contributed by atoms with Crippen molar-refractivity contribution in [2.45, 2.75) is 29.2 Å². The van der Waals surface area contributed by atoms with Crippen molar-refractivity contribution >= 4 is 44.1 Å². The molecule has 3 aromatic rings. The maximum atomic E-state index is 13.0. The topological polar surface area (TPSA) is 101 Å². The summed E-state index contributed by atoms with van der Waals surface area (Å²) in [5, 5.41) is 7.96. The lowest BCUT2D eigenvalue weighted by Crippen LogP contribution is -2.27. The lowest BCUT2D eigenvalue weighted by atomic mass is 10.2. The molecule has 5 rings (SSSR count). The second-order valence-electron chi connectivity index (χ2n) is 7.98. The molecule has 0 bridgehead atoms. The van der Waals surface area contributed by atoms with Gasteiger partial charge < -0.3 is 5.32 Å². The van der Waals surface area contributed by atoms with Gasteiger partial charge in [0, 0.05) is 40.0 Å². The molecule has 0 spiro atoms. The molecule has 11 heteroatoms. The number of nitrogens with one attached hydrogen (secondary N) is 1. The molecule has 33 heavy (non-hydrogen) atoms. The van der Waals surface area contributed by atoms with Gasteiger partial charge in [-0.25, -0.2) is 13.1 Å². The molecular weight excluding hydrogens is 484 g/mol. The fourth-order valence-corrected chi connectivity index (χ4v) is 7.05. The van der Waals surface area contributed by atoms with Crippen LogP contribution in [0.15, 0.2) is 53.4 Å². The van der Waals surface area contributed by atoms with E-state index in [4.69, 9.17) is 11.6 Å². The number of rotatable bonds is 5. The summed E-state index contributed by atoms with van der Waals surface area (Å²) in [5.74, 6) is 0.661. The van der Waals surface area contributed by atoms with Crippen molar-refractivity contribution in [1.82, 2.24) is 14.1 Å². The number of benzene rings is 2. The predicted octanol–water partition coefficient (Wildman–Crippen LogP) is 3.32. The van der Waals surface area contributed by atoms with E-state index in [0.29, 0.717) is 52.4 Å². The van der Waals surface area contributed by atoms with Gasteiger partial charge in [0.25, 0.3) is 5.91 Å². The number of carbonyl (C=O) groups excluding carboxylic acids is 1. The summed E-state index contributed by atoms with van der Waals surface area (Å²) in [6.07, 6.45) is 1.71. The van der Waals surface area contributed by atoms with Gasteiger partial charge in [0.2, 0.25) is 10.0 Å². The Morgan fingerprint density at radius 3 is 2.48 bits per heavy atom. The third-order valence-electron chi connectivity index (χ3n) is 5.77. The first kappa shape index (κ1) is 22.3.